The molecule has 0 aliphatic carbocycles. The summed E-state index contributed by atoms with van der Waals surface area (Å²) in [5.74, 6) is 1.24. The molecular formula is C30H44IN8O3P. The fourth-order valence-corrected chi connectivity index (χ4v) is 6.90. The summed E-state index contributed by atoms with van der Waals surface area (Å²) in [6.07, 6.45) is 4.36. The average molecular weight is 723 g/mol. The van der Waals surface area contributed by atoms with Crippen molar-refractivity contribution >= 4 is 51.5 Å². The predicted molar refractivity (Wildman–Crippen MR) is 185 cm³/mol. The van der Waals surface area contributed by atoms with E-state index in [1.54, 1.807) is 4.68 Å². The number of aryl methyl sites for hydroxylation is 3. The Hall–Kier alpha value is -2.80. The van der Waals surface area contributed by atoms with Gasteiger partial charge in [0.15, 0.2) is 0 Å². The smallest absolute Gasteiger partial charge is 0.240 e. The van der Waals surface area contributed by atoms with E-state index in [-0.39, 0.29) is 26.2 Å². The van der Waals surface area contributed by atoms with E-state index in [4.69, 9.17) is 24.7 Å². The quantitative estimate of drug-likeness (QED) is 0.147. The number of aliphatic hydroxyl groups excluding tert-OH is 1. The molecule has 13 heteroatoms. The van der Waals surface area contributed by atoms with Crippen LogP contribution in [0.25, 0.3) is 34.3 Å². The molecule has 5 heterocycles. The van der Waals surface area contributed by atoms with Crippen molar-refractivity contribution in [2.45, 2.75) is 60.7 Å². The van der Waals surface area contributed by atoms with Crippen molar-refractivity contribution in [2.24, 2.45) is 7.05 Å². The SMILES string of the molecule is C.C=C.CCOc1nn(C(C)CO)c2c1/C=C/c1nn(PI)c3c(C)nc(cc13)-c1c(C)nn(C)c1OC(C)CN(C)C2. The number of pyridine rings is 1. The molecule has 1 aliphatic heterocycles. The van der Waals surface area contributed by atoms with Gasteiger partial charge in [-0.2, -0.15) is 10.2 Å². The number of fused-ring (bicyclic) bond motifs is 4. The van der Waals surface area contributed by atoms with Crippen LogP contribution in [0.15, 0.2) is 19.2 Å². The highest BCUT2D eigenvalue weighted by Gasteiger charge is 2.26. The molecule has 3 unspecified atom stereocenters. The molecule has 1 N–H and O–H groups in total. The maximum atomic E-state index is 10.0. The topological polar surface area (TPSA) is 108 Å². The van der Waals surface area contributed by atoms with Gasteiger partial charge in [0.05, 0.1) is 70.7 Å². The van der Waals surface area contributed by atoms with Gasteiger partial charge in [0.1, 0.15) is 6.10 Å². The van der Waals surface area contributed by atoms with Gasteiger partial charge in [-0.05, 0) is 81.9 Å². The number of hydrogen-bond donors (Lipinski definition) is 1. The van der Waals surface area contributed by atoms with Crippen molar-refractivity contribution in [3.63, 3.8) is 0 Å². The summed E-state index contributed by atoms with van der Waals surface area (Å²) < 4.78 is 18.2. The maximum absolute atomic E-state index is 10.0. The Kier molecular flexibility index (Phi) is 11.9. The Morgan fingerprint density at radius 1 is 1.19 bits per heavy atom. The van der Waals surface area contributed by atoms with Crippen LogP contribution in [0.3, 0.4) is 0 Å². The van der Waals surface area contributed by atoms with Crippen molar-refractivity contribution in [3.05, 3.63) is 47.6 Å². The molecule has 0 aromatic carbocycles. The van der Waals surface area contributed by atoms with Gasteiger partial charge in [0.2, 0.25) is 11.8 Å². The molecule has 0 fully saturated rings. The lowest BCUT2D eigenvalue weighted by atomic mass is 10.1. The van der Waals surface area contributed by atoms with Crippen LogP contribution in [0.5, 0.6) is 11.8 Å². The molecule has 0 saturated carbocycles. The van der Waals surface area contributed by atoms with Gasteiger partial charge in [0, 0.05) is 25.5 Å². The third kappa shape index (κ3) is 6.82. The molecule has 43 heavy (non-hydrogen) atoms. The highest BCUT2D eigenvalue weighted by atomic mass is 127. The van der Waals surface area contributed by atoms with Gasteiger partial charge in [-0.3, -0.25) is 14.6 Å². The Balaban J connectivity index is 0.00000165. The van der Waals surface area contributed by atoms with E-state index in [1.165, 1.54) is 0 Å². The lowest BCUT2D eigenvalue weighted by molar-refractivity contribution is 0.145. The third-order valence-electron chi connectivity index (χ3n) is 7.06. The van der Waals surface area contributed by atoms with E-state index >= 15 is 0 Å². The summed E-state index contributed by atoms with van der Waals surface area (Å²) in [5.41, 5.74) is 7.15. The Morgan fingerprint density at radius 2 is 1.91 bits per heavy atom. The number of likely N-dealkylation sites (N-methyl/N-ethyl adjacent to an activating group) is 1. The summed E-state index contributed by atoms with van der Waals surface area (Å²) in [6.45, 7) is 17.7. The van der Waals surface area contributed by atoms with E-state index in [0.717, 1.165) is 50.5 Å². The molecule has 3 atom stereocenters. The zero-order valence-corrected chi connectivity index (χ0v) is 28.5. The van der Waals surface area contributed by atoms with Crippen LogP contribution in [-0.2, 0) is 13.6 Å². The number of aromatic nitrogens is 7. The van der Waals surface area contributed by atoms with Crippen LogP contribution in [0.2, 0.25) is 0 Å². The molecule has 0 radical (unpaired) electrons. The maximum Gasteiger partial charge on any atom is 0.240 e. The van der Waals surface area contributed by atoms with Gasteiger partial charge >= 0.3 is 0 Å². The number of aliphatic hydroxyl groups is 1. The summed E-state index contributed by atoms with van der Waals surface area (Å²) in [7, 11) is 3.96. The molecule has 5 rings (SSSR count). The van der Waals surface area contributed by atoms with Gasteiger partial charge in [-0.25, -0.2) is 9.13 Å². The van der Waals surface area contributed by atoms with E-state index in [1.807, 2.05) is 56.0 Å². The van der Waals surface area contributed by atoms with Crippen LogP contribution >= 0.6 is 28.4 Å². The molecule has 1 aliphatic rings. The van der Waals surface area contributed by atoms with Crippen molar-refractivity contribution < 1.29 is 14.6 Å². The van der Waals surface area contributed by atoms with E-state index < -0.39 is 0 Å². The van der Waals surface area contributed by atoms with Crippen LogP contribution in [0, 0.1) is 13.8 Å². The number of rotatable bonds is 5. The first kappa shape index (κ1) is 34.7. The second-order valence-electron chi connectivity index (χ2n) is 10.3. The van der Waals surface area contributed by atoms with Crippen LogP contribution in [0.1, 0.15) is 62.6 Å². The van der Waals surface area contributed by atoms with E-state index in [2.05, 4.69) is 65.2 Å². The van der Waals surface area contributed by atoms with Gasteiger partial charge in [0.25, 0.3) is 0 Å². The van der Waals surface area contributed by atoms with Gasteiger partial charge in [-0.15, -0.1) is 18.3 Å². The first-order chi connectivity index (χ1) is 20.2. The van der Waals surface area contributed by atoms with Crippen molar-refractivity contribution in [3.8, 4) is 23.0 Å². The largest absolute Gasteiger partial charge is 0.476 e. The summed E-state index contributed by atoms with van der Waals surface area (Å²) in [4.78, 5) is 7.21. The van der Waals surface area contributed by atoms with Gasteiger partial charge in [-0.1, -0.05) is 7.43 Å². The molecule has 11 nitrogen and oxygen atoms in total. The Morgan fingerprint density at radius 3 is 2.56 bits per heavy atom. The number of ether oxygens (including phenoxy) is 2. The number of halogens is 1. The number of nitrogens with zero attached hydrogens (tertiary/aromatic N) is 8. The zero-order chi connectivity index (χ0) is 30.7. The first-order valence-corrected chi connectivity index (χ1v) is 17.9. The van der Waals surface area contributed by atoms with Crippen LogP contribution in [-0.4, -0.2) is 77.0 Å². The minimum absolute atomic E-state index is 0. The summed E-state index contributed by atoms with van der Waals surface area (Å²) >= 11 is 2.35. The lowest BCUT2D eigenvalue weighted by Crippen LogP contribution is -2.32. The zero-order valence-electron chi connectivity index (χ0n) is 25.3. The molecule has 4 aromatic rings. The highest BCUT2D eigenvalue weighted by molar-refractivity contribution is 14.2. The summed E-state index contributed by atoms with van der Waals surface area (Å²) in [6, 6.07) is 1.88. The Bertz CT molecular complexity index is 1590. The average Bonchev–Trinajstić information content (AvgIpc) is 3.58. The molecule has 234 valence electrons. The molecule has 4 aromatic heterocycles. The normalized spacial score (nSPS) is 16.8. The van der Waals surface area contributed by atoms with Crippen molar-refractivity contribution in [2.75, 3.05) is 26.8 Å². The van der Waals surface area contributed by atoms with Gasteiger partial charge < -0.3 is 14.6 Å². The molecule has 0 spiro atoms. The van der Waals surface area contributed by atoms with E-state index in [9.17, 15) is 5.11 Å². The predicted octanol–water partition coefficient (Wildman–Crippen LogP) is 6.21. The fourth-order valence-electron chi connectivity index (χ4n) is 5.34. The van der Waals surface area contributed by atoms with E-state index in [0.29, 0.717) is 37.8 Å². The lowest BCUT2D eigenvalue weighted by Gasteiger charge is -2.24. The van der Waals surface area contributed by atoms with Crippen LogP contribution in [0.4, 0.5) is 0 Å². The standard InChI is InChI=1S/C27H36IN8O3P.C2H4.CH4/c1-8-38-26-19-9-10-21-20-11-22(29-18(5)25(20)36(31-21)40-28)24-17(4)30-34(7)27(24)39-16(3)12-33(6)13-23(19)35(32-26)15(2)14-37;1-2;/h9-11,15-16,37,40H,8,12-14H2,1-7H3;1-2H2;1H4/b10-9+;;. The second-order valence-corrected chi connectivity index (χ2v) is 12.3. The first-order valence-electron chi connectivity index (χ1n) is 13.9. The van der Waals surface area contributed by atoms with Crippen LogP contribution < -0.4 is 9.47 Å². The highest BCUT2D eigenvalue weighted by Crippen LogP contribution is 2.39. The minimum atomic E-state index is -0.211. The molecule has 0 amide bonds. The van der Waals surface area contributed by atoms with Crippen molar-refractivity contribution in [1.29, 1.82) is 0 Å². The third-order valence-corrected chi connectivity index (χ3v) is 8.91. The fraction of sp³-hybridized carbons (Fsp3) is 0.467. The monoisotopic (exact) mass is 722 g/mol. The molecule has 2 bridgehead atoms. The molecular weight excluding hydrogens is 678 g/mol. The number of hydrogen-bond acceptors (Lipinski definition) is 8. The van der Waals surface area contributed by atoms with Crippen molar-refractivity contribution in [1.82, 2.24) is 39.0 Å². The second kappa shape index (κ2) is 14.8. The molecule has 0 saturated heterocycles. The minimum Gasteiger partial charge on any atom is -0.476 e. The Labute approximate surface area is 269 Å². The summed E-state index contributed by atoms with van der Waals surface area (Å²) in [5, 5.41) is 25.5.